The molecule has 0 rings (SSSR count). The Labute approximate surface area is 81.6 Å². The largest absolute Gasteiger partial charge is 0.0625 e. The number of hydrogen-bond donors (Lipinski definition) is 0. The van der Waals surface area contributed by atoms with Crippen LogP contribution in [-0.4, -0.2) is 10.2 Å². The maximum atomic E-state index is 2.43. The molecule has 12 heavy (non-hydrogen) atoms. The van der Waals surface area contributed by atoms with E-state index < -0.39 is 0 Å². The molecule has 0 radical (unpaired) electrons. The first kappa shape index (κ1) is 12.2. The lowest BCUT2D eigenvalue weighted by Gasteiger charge is -2.43. The summed E-state index contributed by atoms with van der Waals surface area (Å²) in [7, 11) is 1.29. The lowest BCUT2D eigenvalue weighted by Crippen LogP contribution is -2.30. The van der Waals surface area contributed by atoms with Gasteiger partial charge in [0.25, 0.3) is 0 Å². The van der Waals surface area contributed by atoms with Gasteiger partial charge in [0.1, 0.15) is 0 Å². The molecule has 0 aromatic rings. The second-order valence-corrected chi connectivity index (χ2v) is 9.08. The molecule has 1 atom stereocenters. The highest BCUT2D eigenvalue weighted by Crippen LogP contribution is 2.49. The average molecular weight is 186 g/mol. The van der Waals surface area contributed by atoms with Crippen LogP contribution >= 0.6 is 0 Å². The zero-order chi connectivity index (χ0) is 10.2. The molecule has 0 nitrogen and oxygen atoms in total. The number of rotatable bonds is 1. The predicted octanol–water partition coefficient (Wildman–Crippen LogP) is 3.01. The van der Waals surface area contributed by atoms with Gasteiger partial charge in [0, 0.05) is 10.2 Å². The smallest absolute Gasteiger partial charge is 0.0110 e. The Morgan fingerprint density at radius 1 is 0.833 bits per heavy atom. The molecule has 0 aliphatic heterocycles. The molecule has 0 bridgehead atoms. The Morgan fingerprint density at radius 2 is 1.17 bits per heavy atom. The van der Waals surface area contributed by atoms with Gasteiger partial charge in [0.05, 0.1) is 0 Å². The lowest BCUT2D eigenvalue weighted by molar-refractivity contribution is 0.199. The van der Waals surface area contributed by atoms with Gasteiger partial charge in [-0.25, -0.2) is 0 Å². The summed E-state index contributed by atoms with van der Waals surface area (Å²) >= 11 is 0. The van der Waals surface area contributed by atoms with E-state index in [4.69, 9.17) is 0 Å². The van der Waals surface area contributed by atoms with Crippen molar-refractivity contribution in [2.75, 3.05) is 0 Å². The molecule has 0 saturated heterocycles. The van der Waals surface area contributed by atoms with Gasteiger partial charge >= 0.3 is 0 Å². The van der Waals surface area contributed by atoms with Gasteiger partial charge in [-0.3, -0.25) is 0 Å². The van der Waals surface area contributed by atoms with Gasteiger partial charge < -0.3 is 0 Å². The van der Waals surface area contributed by atoms with Crippen molar-refractivity contribution in [2.45, 2.75) is 59.9 Å². The van der Waals surface area contributed by atoms with Gasteiger partial charge in [-0.15, -0.1) is 0 Å². The van der Waals surface area contributed by atoms with Crippen LogP contribution in [-0.2, 0) is 0 Å². The summed E-state index contributed by atoms with van der Waals surface area (Å²) in [5, 5.41) is 0.561. The lowest BCUT2D eigenvalue weighted by atomic mass is 9.72. The van der Waals surface area contributed by atoms with Crippen LogP contribution in [0.2, 0.25) is 5.04 Å². The Hall–Kier alpha value is 0.217. The molecule has 0 N–H and O–H groups in total. The van der Waals surface area contributed by atoms with Crippen LogP contribution < -0.4 is 0 Å². The molecule has 1 unspecified atom stereocenters. The predicted molar refractivity (Wildman–Crippen MR) is 61.8 cm³/mol. The van der Waals surface area contributed by atoms with Crippen LogP contribution in [0.4, 0.5) is 0 Å². The van der Waals surface area contributed by atoms with E-state index in [0.717, 1.165) is 0 Å². The van der Waals surface area contributed by atoms with Crippen molar-refractivity contribution in [2.24, 2.45) is 10.8 Å². The standard InChI is InChI=1S/C11H26Si/c1-9(2,3)8-11(7,12)10(4,5)6/h8H2,1-7,12H3. The van der Waals surface area contributed by atoms with Crippen LogP contribution in [0.25, 0.3) is 0 Å². The highest BCUT2D eigenvalue weighted by atomic mass is 28.1. The Kier molecular flexibility index (Phi) is 3.23. The first-order valence-corrected chi connectivity index (χ1v) is 5.96. The summed E-state index contributed by atoms with van der Waals surface area (Å²) < 4.78 is 0. The fourth-order valence-corrected chi connectivity index (χ4v) is 2.65. The molecular weight excluding hydrogens is 160 g/mol. The first-order chi connectivity index (χ1) is 4.96. The molecule has 0 saturated carbocycles. The fourth-order valence-electron chi connectivity index (χ4n) is 1.59. The van der Waals surface area contributed by atoms with Crippen molar-refractivity contribution in [3.8, 4) is 0 Å². The molecular formula is C11H26Si. The number of hydrogen-bond acceptors (Lipinski definition) is 0. The molecule has 0 fully saturated rings. The zero-order valence-corrected chi connectivity index (χ0v) is 12.2. The topological polar surface area (TPSA) is 0 Å². The highest BCUT2D eigenvalue weighted by Gasteiger charge is 2.35. The second kappa shape index (κ2) is 3.17. The Morgan fingerprint density at radius 3 is 1.25 bits per heavy atom. The van der Waals surface area contributed by atoms with E-state index in [0.29, 0.717) is 15.9 Å². The minimum absolute atomic E-state index is 0.465. The summed E-state index contributed by atoms with van der Waals surface area (Å²) in [6.45, 7) is 16.6. The van der Waals surface area contributed by atoms with E-state index in [1.165, 1.54) is 16.7 Å². The van der Waals surface area contributed by atoms with Crippen molar-refractivity contribution >= 4 is 10.2 Å². The maximum absolute atomic E-state index is 2.43. The highest BCUT2D eigenvalue weighted by molar-refractivity contribution is 6.15. The van der Waals surface area contributed by atoms with E-state index in [9.17, 15) is 0 Å². The molecule has 0 aliphatic rings. The molecule has 0 aromatic carbocycles. The summed E-state index contributed by atoms with van der Waals surface area (Å²) in [5.74, 6) is 0. The monoisotopic (exact) mass is 186 g/mol. The van der Waals surface area contributed by atoms with Crippen molar-refractivity contribution in [1.29, 1.82) is 0 Å². The quantitative estimate of drug-likeness (QED) is 0.552. The van der Waals surface area contributed by atoms with Crippen molar-refractivity contribution in [1.82, 2.24) is 0 Å². The third-order valence-corrected chi connectivity index (χ3v) is 4.86. The van der Waals surface area contributed by atoms with Gasteiger partial charge in [-0.1, -0.05) is 48.5 Å². The fraction of sp³-hybridized carbons (Fsp3) is 1.00. The van der Waals surface area contributed by atoms with Crippen molar-refractivity contribution < 1.29 is 0 Å². The Balaban J connectivity index is 4.44. The SMILES string of the molecule is CC(C)(C)CC(C)([SiH3])C(C)(C)C. The van der Waals surface area contributed by atoms with E-state index in [1.807, 2.05) is 0 Å². The summed E-state index contributed by atoms with van der Waals surface area (Å²) in [6.07, 6.45) is 1.34. The van der Waals surface area contributed by atoms with Gasteiger partial charge in [-0.2, -0.15) is 0 Å². The van der Waals surface area contributed by atoms with Gasteiger partial charge in [0.15, 0.2) is 0 Å². The van der Waals surface area contributed by atoms with Gasteiger partial charge in [0.2, 0.25) is 0 Å². The van der Waals surface area contributed by atoms with Crippen LogP contribution in [0.15, 0.2) is 0 Å². The van der Waals surface area contributed by atoms with E-state index in [2.05, 4.69) is 48.5 Å². The summed E-state index contributed by atoms with van der Waals surface area (Å²) in [5.41, 5.74) is 0.941. The minimum atomic E-state index is 0.465. The molecule has 74 valence electrons. The van der Waals surface area contributed by atoms with E-state index in [1.54, 1.807) is 0 Å². The minimum Gasteiger partial charge on any atom is -0.0625 e. The Bertz CT molecular complexity index is 143. The summed E-state index contributed by atoms with van der Waals surface area (Å²) in [4.78, 5) is 0. The normalized spacial score (nSPS) is 19.2. The van der Waals surface area contributed by atoms with Crippen LogP contribution in [0.3, 0.4) is 0 Å². The van der Waals surface area contributed by atoms with Crippen LogP contribution in [0, 0.1) is 10.8 Å². The molecule has 0 heterocycles. The average Bonchev–Trinajstić information content (AvgIpc) is 1.52. The maximum Gasteiger partial charge on any atom is 0.0110 e. The molecule has 1 heteroatoms. The molecule has 0 aliphatic carbocycles. The first-order valence-electron chi connectivity index (χ1n) is 4.96. The van der Waals surface area contributed by atoms with Gasteiger partial charge in [-0.05, 0) is 22.3 Å². The third kappa shape index (κ3) is 3.75. The van der Waals surface area contributed by atoms with Crippen LogP contribution in [0.5, 0.6) is 0 Å². The van der Waals surface area contributed by atoms with E-state index in [-0.39, 0.29) is 0 Å². The zero-order valence-electron chi connectivity index (χ0n) is 10.2. The van der Waals surface area contributed by atoms with Crippen molar-refractivity contribution in [3.05, 3.63) is 0 Å². The molecule has 0 aromatic heterocycles. The molecule has 0 amide bonds. The van der Waals surface area contributed by atoms with Crippen LogP contribution in [0.1, 0.15) is 54.9 Å². The van der Waals surface area contributed by atoms with E-state index >= 15 is 0 Å². The van der Waals surface area contributed by atoms with Crippen molar-refractivity contribution in [3.63, 3.8) is 0 Å². The molecule has 0 spiro atoms. The third-order valence-electron chi connectivity index (χ3n) is 3.00. The summed E-state index contributed by atoms with van der Waals surface area (Å²) in [6, 6.07) is 0. The second-order valence-electron chi connectivity index (χ2n) is 6.87.